The van der Waals surface area contributed by atoms with Crippen LogP contribution in [0.5, 0.6) is 0 Å². The Morgan fingerprint density at radius 2 is 2.38 bits per heavy atom. The molecule has 0 aliphatic carbocycles. The van der Waals surface area contributed by atoms with Gasteiger partial charge < -0.3 is 5.32 Å². The van der Waals surface area contributed by atoms with Crippen LogP contribution in [-0.4, -0.2) is 28.9 Å². The van der Waals surface area contributed by atoms with Gasteiger partial charge in [0.05, 0.1) is 5.25 Å². The fraction of sp³-hybridized carbons (Fsp3) is 0.500. The maximum Gasteiger partial charge on any atom is 0.405 e. The average Bonchev–Trinajstić information content (AvgIpc) is 2.65. The van der Waals surface area contributed by atoms with E-state index in [0.717, 1.165) is 11.8 Å². The van der Waals surface area contributed by atoms with E-state index in [0.29, 0.717) is 4.34 Å². The van der Waals surface area contributed by atoms with E-state index in [1.54, 1.807) is 11.6 Å². The third-order valence-electron chi connectivity index (χ3n) is 1.52. The highest BCUT2D eigenvalue weighted by atomic mass is 32.2. The van der Waals surface area contributed by atoms with Crippen molar-refractivity contribution in [2.45, 2.75) is 22.7 Å². The van der Waals surface area contributed by atoms with Gasteiger partial charge in [0.2, 0.25) is 5.91 Å². The highest BCUT2D eigenvalue weighted by molar-refractivity contribution is 8.02. The molecule has 0 saturated carbocycles. The maximum atomic E-state index is 11.8. The number of thiazole rings is 1. The summed E-state index contributed by atoms with van der Waals surface area (Å²) in [5.41, 5.74) is 0. The molecule has 1 unspecified atom stereocenters. The SMILES string of the molecule is CC(Sc1nccs1)C(=O)NCC(F)(F)F. The molecule has 1 aromatic rings. The Balaban J connectivity index is 2.37. The van der Waals surface area contributed by atoms with Gasteiger partial charge in [-0.15, -0.1) is 11.3 Å². The van der Waals surface area contributed by atoms with Crippen LogP contribution in [0.3, 0.4) is 0 Å². The number of nitrogens with zero attached hydrogens (tertiary/aromatic N) is 1. The maximum absolute atomic E-state index is 11.8. The number of hydrogen-bond acceptors (Lipinski definition) is 4. The van der Waals surface area contributed by atoms with Gasteiger partial charge in [-0.2, -0.15) is 13.2 Å². The van der Waals surface area contributed by atoms with Gasteiger partial charge >= 0.3 is 6.18 Å². The molecule has 0 saturated heterocycles. The van der Waals surface area contributed by atoms with Gasteiger partial charge in [0.15, 0.2) is 4.34 Å². The summed E-state index contributed by atoms with van der Waals surface area (Å²) >= 11 is 2.48. The van der Waals surface area contributed by atoms with Crippen LogP contribution in [0.2, 0.25) is 0 Å². The molecule has 1 N–H and O–H groups in total. The predicted octanol–water partition coefficient (Wildman–Crippen LogP) is 2.30. The summed E-state index contributed by atoms with van der Waals surface area (Å²) in [7, 11) is 0. The minimum absolute atomic E-state index is 0.589. The van der Waals surface area contributed by atoms with Crippen molar-refractivity contribution in [3.05, 3.63) is 11.6 Å². The first-order chi connectivity index (χ1) is 7.38. The van der Waals surface area contributed by atoms with E-state index in [4.69, 9.17) is 0 Å². The minimum Gasteiger partial charge on any atom is -0.346 e. The largest absolute Gasteiger partial charge is 0.405 e. The van der Waals surface area contributed by atoms with E-state index < -0.39 is 23.9 Å². The van der Waals surface area contributed by atoms with Crippen molar-refractivity contribution in [2.24, 2.45) is 0 Å². The van der Waals surface area contributed by atoms with Crippen LogP contribution in [0.25, 0.3) is 0 Å². The van der Waals surface area contributed by atoms with Crippen LogP contribution in [0.15, 0.2) is 15.9 Å². The van der Waals surface area contributed by atoms with E-state index in [9.17, 15) is 18.0 Å². The van der Waals surface area contributed by atoms with E-state index in [2.05, 4.69) is 4.98 Å². The smallest absolute Gasteiger partial charge is 0.346 e. The van der Waals surface area contributed by atoms with Crippen molar-refractivity contribution in [3.63, 3.8) is 0 Å². The quantitative estimate of drug-likeness (QED) is 0.854. The van der Waals surface area contributed by atoms with Crippen molar-refractivity contribution in [3.8, 4) is 0 Å². The van der Waals surface area contributed by atoms with Gasteiger partial charge in [-0.3, -0.25) is 4.79 Å². The Hall–Kier alpha value is -0.760. The molecule has 1 amide bonds. The first kappa shape index (κ1) is 13.3. The summed E-state index contributed by atoms with van der Waals surface area (Å²) in [5, 5.41) is 2.98. The molecule has 1 aromatic heterocycles. The molecule has 0 aromatic carbocycles. The molecule has 0 spiro atoms. The van der Waals surface area contributed by atoms with E-state index >= 15 is 0 Å². The lowest BCUT2D eigenvalue weighted by atomic mass is 10.4. The summed E-state index contributed by atoms with van der Waals surface area (Å²) in [5.74, 6) is -0.641. The summed E-state index contributed by atoms with van der Waals surface area (Å²) in [4.78, 5) is 15.2. The number of halogens is 3. The zero-order valence-corrected chi connectivity index (χ0v) is 9.88. The molecular formula is C8H9F3N2OS2. The number of thioether (sulfide) groups is 1. The Kier molecular flexibility index (Phi) is 4.60. The predicted molar refractivity (Wildman–Crippen MR) is 56.5 cm³/mol. The monoisotopic (exact) mass is 270 g/mol. The lowest BCUT2D eigenvalue weighted by Gasteiger charge is -2.11. The fourth-order valence-electron chi connectivity index (χ4n) is 0.804. The molecule has 0 bridgehead atoms. The van der Waals surface area contributed by atoms with Crippen molar-refractivity contribution >= 4 is 29.0 Å². The Bertz CT molecular complexity index is 340. The number of hydrogen-bond donors (Lipinski definition) is 1. The zero-order valence-electron chi connectivity index (χ0n) is 8.25. The lowest BCUT2D eigenvalue weighted by Crippen LogP contribution is -2.37. The van der Waals surface area contributed by atoms with Crippen LogP contribution >= 0.6 is 23.1 Å². The molecule has 90 valence electrons. The fourth-order valence-corrected chi connectivity index (χ4v) is 2.60. The zero-order chi connectivity index (χ0) is 12.2. The van der Waals surface area contributed by atoms with E-state index in [1.165, 1.54) is 18.3 Å². The average molecular weight is 270 g/mol. The van der Waals surface area contributed by atoms with Crippen molar-refractivity contribution in [1.29, 1.82) is 0 Å². The molecule has 1 atom stereocenters. The van der Waals surface area contributed by atoms with Crippen molar-refractivity contribution in [2.75, 3.05) is 6.54 Å². The summed E-state index contributed by atoms with van der Waals surface area (Å²) in [6, 6.07) is 0. The van der Waals surface area contributed by atoms with E-state index in [-0.39, 0.29) is 0 Å². The highest BCUT2D eigenvalue weighted by Gasteiger charge is 2.28. The number of carbonyl (C=O) groups excluding carboxylic acids is 1. The third-order valence-corrected chi connectivity index (χ3v) is 3.54. The molecule has 0 aliphatic rings. The van der Waals surface area contributed by atoms with E-state index in [1.807, 2.05) is 5.32 Å². The number of nitrogens with one attached hydrogen (secondary N) is 1. The van der Waals surface area contributed by atoms with Gasteiger partial charge in [0.25, 0.3) is 0 Å². The Labute approximate surface area is 98.4 Å². The van der Waals surface area contributed by atoms with Gasteiger partial charge in [-0.25, -0.2) is 4.98 Å². The molecule has 0 radical (unpaired) electrons. The summed E-state index contributed by atoms with van der Waals surface area (Å²) in [6.07, 6.45) is -2.80. The normalized spacial score (nSPS) is 13.5. The molecule has 3 nitrogen and oxygen atoms in total. The van der Waals surface area contributed by atoms with Crippen LogP contribution in [0.4, 0.5) is 13.2 Å². The second kappa shape index (κ2) is 5.53. The minimum atomic E-state index is -4.37. The lowest BCUT2D eigenvalue weighted by molar-refractivity contribution is -0.137. The third kappa shape index (κ3) is 4.84. The summed E-state index contributed by atoms with van der Waals surface area (Å²) < 4.78 is 36.1. The van der Waals surface area contributed by atoms with Gasteiger partial charge in [0, 0.05) is 11.6 Å². The molecule has 8 heteroatoms. The molecule has 0 aliphatic heterocycles. The standard InChI is InChI=1S/C8H9F3N2OS2/c1-5(16-7-12-2-3-15-7)6(14)13-4-8(9,10)11/h2-3,5H,4H2,1H3,(H,13,14). The Morgan fingerprint density at radius 3 is 2.88 bits per heavy atom. The number of rotatable bonds is 4. The second-order valence-corrected chi connectivity index (χ2v) is 5.37. The van der Waals surface area contributed by atoms with Crippen LogP contribution in [0.1, 0.15) is 6.92 Å². The van der Waals surface area contributed by atoms with Crippen molar-refractivity contribution in [1.82, 2.24) is 10.3 Å². The molecule has 1 heterocycles. The number of amides is 1. The number of alkyl halides is 3. The first-order valence-corrected chi connectivity index (χ1v) is 6.05. The molecule has 0 fully saturated rings. The number of aromatic nitrogens is 1. The van der Waals surface area contributed by atoms with Gasteiger partial charge in [-0.1, -0.05) is 11.8 Å². The van der Waals surface area contributed by atoms with Crippen molar-refractivity contribution < 1.29 is 18.0 Å². The van der Waals surface area contributed by atoms with Crippen LogP contribution in [-0.2, 0) is 4.79 Å². The molecule has 16 heavy (non-hydrogen) atoms. The first-order valence-electron chi connectivity index (χ1n) is 4.29. The van der Waals surface area contributed by atoms with Gasteiger partial charge in [0.1, 0.15) is 6.54 Å². The van der Waals surface area contributed by atoms with Crippen LogP contribution in [0, 0.1) is 0 Å². The molecule has 1 rings (SSSR count). The second-order valence-electron chi connectivity index (χ2n) is 2.89. The molecular weight excluding hydrogens is 261 g/mol. The van der Waals surface area contributed by atoms with Crippen LogP contribution < -0.4 is 5.32 Å². The number of carbonyl (C=O) groups is 1. The topological polar surface area (TPSA) is 42.0 Å². The Morgan fingerprint density at radius 1 is 1.69 bits per heavy atom. The van der Waals surface area contributed by atoms with Gasteiger partial charge in [-0.05, 0) is 6.92 Å². The summed E-state index contributed by atoms with van der Waals surface area (Å²) in [6.45, 7) is 0.242. The highest BCUT2D eigenvalue weighted by Crippen LogP contribution is 2.25.